The van der Waals surface area contributed by atoms with E-state index in [-0.39, 0.29) is 30.7 Å². The van der Waals surface area contributed by atoms with Crippen molar-refractivity contribution in [3.05, 3.63) is 52.0 Å². The van der Waals surface area contributed by atoms with Crippen LogP contribution in [0.3, 0.4) is 0 Å². The van der Waals surface area contributed by atoms with Crippen molar-refractivity contribution >= 4 is 33.4 Å². The van der Waals surface area contributed by atoms with Crippen molar-refractivity contribution in [2.75, 3.05) is 25.6 Å². The highest BCUT2D eigenvalue weighted by Crippen LogP contribution is 2.31. The summed E-state index contributed by atoms with van der Waals surface area (Å²) in [6.45, 7) is 2.53. The van der Waals surface area contributed by atoms with E-state index in [1.165, 1.54) is 0 Å². The van der Waals surface area contributed by atoms with E-state index in [9.17, 15) is 9.59 Å². The van der Waals surface area contributed by atoms with Gasteiger partial charge in [0.1, 0.15) is 18.1 Å². The molecule has 2 aromatic carbocycles. The molecule has 0 saturated heterocycles. The first-order valence-electron chi connectivity index (χ1n) is 9.09. The van der Waals surface area contributed by atoms with Crippen LogP contribution in [0.25, 0.3) is 0 Å². The molecule has 1 atom stereocenters. The predicted octanol–water partition coefficient (Wildman–Crippen LogP) is 3.46. The van der Waals surface area contributed by atoms with Gasteiger partial charge in [0.2, 0.25) is 11.8 Å². The van der Waals surface area contributed by atoms with Crippen LogP contribution in [0.4, 0.5) is 5.69 Å². The molecular weight excluding hydrogens is 424 g/mol. The number of benzene rings is 2. The summed E-state index contributed by atoms with van der Waals surface area (Å²) >= 11 is 3.39. The molecular formula is C21H23BrN2O4. The van der Waals surface area contributed by atoms with Gasteiger partial charge in [-0.25, -0.2) is 0 Å². The molecule has 0 bridgehead atoms. The molecule has 0 radical (unpaired) electrons. The highest BCUT2D eigenvalue weighted by Gasteiger charge is 2.26. The average molecular weight is 447 g/mol. The number of hydrogen-bond donors (Lipinski definition) is 2. The summed E-state index contributed by atoms with van der Waals surface area (Å²) in [5, 5.41) is 5.71. The van der Waals surface area contributed by atoms with Gasteiger partial charge in [-0.05, 0) is 42.7 Å². The summed E-state index contributed by atoms with van der Waals surface area (Å²) in [4.78, 5) is 24.6. The van der Waals surface area contributed by atoms with E-state index < -0.39 is 0 Å². The quantitative estimate of drug-likeness (QED) is 0.711. The van der Waals surface area contributed by atoms with Crippen molar-refractivity contribution < 1.29 is 19.1 Å². The molecule has 7 heteroatoms. The van der Waals surface area contributed by atoms with Crippen LogP contribution in [0.2, 0.25) is 0 Å². The maximum absolute atomic E-state index is 12.4. The van der Waals surface area contributed by atoms with Crippen molar-refractivity contribution in [3.63, 3.8) is 0 Å². The lowest BCUT2D eigenvalue weighted by Gasteiger charge is -2.25. The Bertz CT molecular complexity index is 885. The van der Waals surface area contributed by atoms with Gasteiger partial charge >= 0.3 is 0 Å². The Morgan fingerprint density at radius 1 is 1.25 bits per heavy atom. The SMILES string of the molecule is COc1ccc2c(c1)OCC(C(=O)NCCC(=O)Nc1cc(Br)ccc1C)C2. The minimum absolute atomic E-state index is 0.104. The summed E-state index contributed by atoms with van der Waals surface area (Å²) in [7, 11) is 1.61. The number of hydrogen-bond acceptors (Lipinski definition) is 4. The standard InChI is InChI=1S/C21H23BrN2O4/c1-13-3-5-16(22)10-18(13)24-20(25)7-8-23-21(26)15-9-14-4-6-17(27-2)11-19(14)28-12-15/h3-6,10-11,15H,7-9,12H2,1-2H3,(H,23,26)(H,24,25). The van der Waals surface area contributed by atoms with Crippen LogP contribution in [0.5, 0.6) is 11.5 Å². The zero-order chi connectivity index (χ0) is 20.1. The summed E-state index contributed by atoms with van der Waals surface area (Å²) in [6, 6.07) is 11.3. The highest BCUT2D eigenvalue weighted by atomic mass is 79.9. The molecule has 1 aliphatic rings. The Labute approximate surface area is 172 Å². The molecule has 28 heavy (non-hydrogen) atoms. The second kappa shape index (κ2) is 9.10. The van der Waals surface area contributed by atoms with Crippen LogP contribution in [-0.2, 0) is 16.0 Å². The zero-order valence-electron chi connectivity index (χ0n) is 15.9. The fraction of sp³-hybridized carbons (Fsp3) is 0.333. The van der Waals surface area contributed by atoms with E-state index in [0.29, 0.717) is 13.0 Å². The fourth-order valence-corrected chi connectivity index (χ4v) is 3.39. The predicted molar refractivity (Wildman–Crippen MR) is 111 cm³/mol. The minimum atomic E-state index is -0.267. The molecule has 3 rings (SSSR count). The topological polar surface area (TPSA) is 76.7 Å². The van der Waals surface area contributed by atoms with E-state index in [1.54, 1.807) is 7.11 Å². The number of ether oxygens (including phenoxy) is 2. The summed E-state index contributed by atoms with van der Waals surface area (Å²) in [5.74, 6) is 0.975. The number of methoxy groups -OCH3 is 1. The molecule has 2 amide bonds. The third-order valence-corrected chi connectivity index (χ3v) is 5.17. The van der Waals surface area contributed by atoms with Crippen molar-refractivity contribution in [1.82, 2.24) is 5.32 Å². The van der Waals surface area contributed by atoms with Crippen LogP contribution in [0, 0.1) is 12.8 Å². The Morgan fingerprint density at radius 3 is 2.86 bits per heavy atom. The third kappa shape index (κ3) is 5.04. The lowest BCUT2D eigenvalue weighted by molar-refractivity contribution is -0.126. The van der Waals surface area contributed by atoms with Gasteiger partial charge in [-0.1, -0.05) is 28.1 Å². The van der Waals surface area contributed by atoms with Crippen molar-refractivity contribution in [2.45, 2.75) is 19.8 Å². The maximum Gasteiger partial charge on any atom is 0.226 e. The van der Waals surface area contributed by atoms with Crippen LogP contribution in [0.15, 0.2) is 40.9 Å². The molecule has 2 aromatic rings. The van der Waals surface area contributed by atoms with Crippen LogP contribution < -0.4 is 20.1 Å². The average Bonchev–Trinajstić information content (AvgIpc) is 2.69. The van der Waals surface area contributed by atoms with Gasteiger partial charge in [-0.2, -0.15) is 0 Å². The smallest absolute Gasteiger partial charge is 0.226 e. The molecule has 2 N–H and O–H groups in total. The summed E-state index contributed by atoms with van der Waals surface area (Å²) in [6.07, 6.45) is 0.813. The van der Waals surface area contributed by atoms with Crippen LogP contribution in [0.1, 0.15) is 17.5 Å². The number of rotatable bonds is 6. The first-order valence-corrected chi connectivity index (χ1v) is 9.89. The number of amides is 2. The minimum Gasteiger partial charge on any atom is -0.497 e. The van der Waals surface area contributed by atoms with Gasteiger partial charge in [0.05, 0.1) is 13.0 Å². The Kier molecular flexibility index (Phi) is 6.57. The molecule has 0 aliphatic carbocycles. The number of halogens is 1. The number of fused-ring (bicyclic) bond motifs is 1. The third-order valence-electron chi connectivity index (χ3n) is 4.68. The maximum atomic E-state index is 12.4. The zero-order valence-corrected chi connectivity index (χ0v) is 17.5. The fourth-order valence-electron chi connectivity index (χ4n) is 3.03. The Hall–Kier alpha value is -2.54. The molecule has 6 nitrogen and oxygen atoms in total. The number of nitrogens with one attached hydrogen (secondary N) is 2. The Morgan fingerprint density at radius 2 is 2.07 bits per heavy atom. The van der Waals surface area contributed by atoms with E-state index >= 15 is 0 Å². The number of anilines is 1. The number of carbonyl (C=O) groups excluding carboxylic acids is 2. The van der Waals surface area contributed by atoms with Gasteiger partial charge in [0.15, 0.2) is 0 Å². The molecule has 0 fully saturated rings. The number of carbonyl (C=O) groups is 2. The van der Waals surface area contributed by atoms with Crippen LogP contribution >= 0.6 is 15.9 Å². The van der Waals surface area contributed by atoms with E-state index in [4.69, 9.17) is 9.47 Å². The van der Waals surface area contributed by atoms with Crippen LogP contribution in [-0.4, -0.2) is 32.1 Å². The van der Waals surface area contributed by atoms with E-state index in [0.717, 1.165) is 32.8 Å². The second-order valence-electron chi connectivity index (χ2n) is 6.73. The monoisotopic (exact) mass is 446 g/mol. The largest absolute Gasteiger partial charge is 0.497 e. The molecule has 148 valence electrons. The van der Waals surface area contributed by atoms with Crippen molar-refractivity contribution in [2.24, 2.45) is 5.92 Å². The first kappa shape index (κ1) is 20.2. The van der Waals surface area contributed by atoms with Crippen molar-refractivity contribution in [3.8, 4) is 11.5 Å². The first-order chi connectivity index (χ1) is 13.5. The van der Waals surface area contributed by atoms with Gasteiger partial charge < -0.3 is 20.1 Å². The highest BCUT2D eigenvalue weighted by molar-refractivity contribution is 9.10. The van der Waals surface area contributed by atoms with Gasteiger partial charge in [-0.3, -0.25) is 9.59 Å². The van der Waals surface area contributed by atoms with E-state index in [2.05, 4.69) is 26.6 Å². The molecule has 1 heterocycles. The van der Waals surface area contributed by atoms with Gasteiger partial charge in [0.25, 0.3) is 0 Å². The second-order valence-corrected chi connectivity index (χ2v) is 7.65. The molecule has 0 aromatic heterocycles. The van der Waals surface area contributed by atoms with E-state index in [1.807, 2.05) is 43.3 Å². The lowest BCUT2D eigenvalue weighted by Crippen LogP contribution is -2.38. The van der Waals surface area contributed by atoms with Crippen molar-refractivity contribution in [1.29, 1.82) is 0 Å². The summed E-state index contributed by atoms with van der Waals surface area (Å²) in [5.41, 5.74) is 2.73. The van der Waals surface area contributed by atoms with Gasteiger partial charge in [-0.15, -0.1) is 0 Å². The molecule has 1 unspecified atom stereocenters. The summed E-state index contributed by atoms with van der Waals surface area (Å²) < 4.78 is 11.8. The normalized spacial score (nSPS) is 15.2. The lowest BCUT2D eigenvalue weighted by atomic mass is 9.96. The van der Waals surface area contributed by atoms with Gasteiger partial charge in [0, 0.05) is 29.2 Å². The molecule has 1 aliphatic heterocycles. The Balaban J connectivity index is 1.46. The number of aryl methyl sites for hydroxylation is 1. The molecule has 0 spiro atoms. The molecule has 0 saturated carbocycles.